The third kappa shape index (κ3) is 3.31. The van der Waals surface area contributed by atoms with Crippen molar-refractivity contribution in [1.29, 1.82) is 0 Å². The van der Waals surface area contributed by atoms with E-state index in [0.717, 1.165) is 11.6 Å². The van der Waals surface area contributed by atoms with Crippen molar-refractivity contribution >= 4 is 5.97 Å². The van der Waals surface area contributed by atoms with E-state index in [0.29, 0.717) is 5.75 Å². The van der Waals surface area contributed by atoms with E-state index in [1.807, 2.05) is 25.1 Å². The second-order valence-corrected chi connectivity index (χ2v) is 4.22. The first-order chi connectivity index (χ1) is 9.06. The van der Waals surface area contributed by atoms with Crippen molar-refractivity contribution in [3.8, 4) is 5.75 Å². The number of aromatic carboxylic acids is 1. The van der Waals surface area contributed by atoms with Crippen LogP contribution in [-0.2, 0) is 6.61 Å². The number of hydrogen-bond acceptors (Lipinski definition) is 2. The SMILES string of the molecule is Cc1cccc(OCc2cc(C(=O)O)ccc2F)c1. The van der Waals surface area contributed by atoms with Crippen LogP contribution >= 0.6 is 0 Å². The molecular formula is C15H13FO3. The van der Waals surface area contributed by atoms with Crippen molar-refractivity contribution in [2.24, 2.45) is 0 Å². The lowest BCUT2D eigenvalue weighted by molar-refractivity contribution is 0.0696. The Bertz CT molecular complexity index is 608. The maximum atomic E-state index is 13.5. The van der Waals surface area contributed by atoms with Gasteiger partial charge in [-0.1, -0.05) is 12.1 Å². The zero-order chi connectivity index (χ0) is 13.8. The Balaban J connectivity index is 2.15. The summed E-state index contributed by atoms with van der Waals surface area (Å²) in [5, 5.41) is 8.86. The van der Waals surface area contributed by atoms with Crippen LogP contribution < -0.4 is 4.74 Å². The minimum absolute atomic E-state index is 0.00356. The van der Waals surface area contributed by atoms with E-state index in [1.165, 1.54) is 12.1 Å². The molecule has 0 fully saturated rings. The van der Waals surface area contributed by atoms with Gasteiger partial charge in [0, 0.05) is 5.56 Å². The van der Waals surface area contributed by atoms with Crippen LogP contribution in [0.2, 0.25) is 0 Å². The van der Waals surface area contributed by atoms with Gasteiger partial charge >= 0.3 is 5.97 Å². The van der Waals surface area contributed by atoms with Crippen molar-refractivity contribution in [3.63, 3.8) is 0 Å². The van der Waals surface area contributed by atoms with Gasteiger partial charge in [-0.3, -0.25) is 0 Å². The first-order valence-electron chi connectivity index (χ1n) is 5.77. The van der Waals surface area contributed by atoms with Gasteiger partial charge in [0.1, 0.15) is 18.2 Å². The summed E-state index contributed by atoms with van der Waals surface area (Å²) < 4.78 is 19.0. The summed E-state index contributed by atoms with van der Waals surface area (Å²) in [4.78, 5) is 10.8. The number of aryl methyl sites for hydroxylation is 1. The minimum atomic E-state index is -1.09. The number of carbonyl (C=O) groups is 1. The molecule has 0 saturated heterocycles. The van der Waals surface area contributed by atoms with Crippen LogP contribution in [0, 0.1) is 12.7 Å². The Morgan fingerprint density at radius 2 is 2.05 bits per heavy atom. The molecule has 0 saturated carbocycles. The zero-order valence-electron chi connectivity index (χ0n) is 10.4. The van der Waals surface area contributed by atoms with Gasteiger partial charge in [0.15, 0.2) is 0 Å². The van der Waals surface area contributed by atoms with E-state index in [9.17, 15) is 9.18 Å². The zero-order valence-corrected chi connectivity index (χ0v) is 10.4. The highest BCUT2D eigenvalue weighted by Gasteiger charge is 2.09. The predicted octanol–water partition coefficient (Wildman–Crippen LogP) is 3.41. The van der Waals surface area contributed by atoms with E-state index in [1.54, 1.807) is 6.07 Å². The third-order valence-corrected chi connectivity index (χ3v) is 2.68. The normalized spacial score (nSPS) is 10.2. The first-order valence-corrected chi connectivity index (χ1v) is 5.77. The number of carboxylic acid groups (broad SMARTS) is 1. The molecule has 0 unspecified atom stereocenters. The fourth-order valence-corrected chi connectivity index (χ4v) is 1.68. The van der Waals surface area contributed by atoms with Crippen molar-refractivity contribution < 1.29 is 19.0 Å². The van der Waals surface area contributed by atoms with Crippen LogP contribution in [0.1, 0.15) is 21.5 Å². The number of ether oxygens (including phenoxy) is 1. The number of halogens is 1. The molecule has 2 aromatic carbocycles. The van der Waals surface area contributed by atoms with Gasteiger partial charge in [0.05, 0.1) is 5.56 Å². The molecular weight excluding hydrogens is 247 g/mol. The van der Waals surface area contributed by atoms with E-state index in [-0.39, 0.29) is 17.7 Å². The molecule has 19 heavy (non-hydrogen) atoms. The molecule has 0 atom stereocenters. The summed E-state index contributed by atoms with van der Waals surface area (Å²) in [7, 11) is 0. The van der Waals surface area contributed by atoms with Gasteiger partial charge in [0.25, 0.3) is 0 Å². The van der Waals surface area contributed by atoms with Gasteiger partial charge in [-0.25, -0.2) is 9.18 Å². The highest BCUT2D eigenvalue weighted by atomic mass is 19.1. The molecule has 0 aromatic heterocycles. The van der Waals surface area contributed by atoms with Crippen molar-refractivity contribution in [1.82, 2.24) is 0 Å². The fourth-order valence-electron chi connectivity index (χ4n) is 1.68. The summed E-state index contributed by atoms with van der Waals surface area (Å²) in [6, 6.07) is 11.0. The van der Waals surface area contributed by atoms with Crippen molar-refractivity contribution in [2.45, 2.75) is 13.5 Å². The van der Waals surface area contributed by atoms with Gasteiger partial charge in [-0.15, -0.1) is 0 Å². The van der Waals surface area contributed by atoms with Gasteiger partial charge in [-0.05, 0) is 42.8 Å². The second-order valence-electron chi connectivity index (χ2n) is 4.22. The summed E-state index contributed by atoms with van der Waals surface area (Å²) in [5.74, 6) is -0.936. The number of hydrogen-bond donors (Lipinski definition) is 1. The highest BCUT2D eigenvalue weighted by molar-refractivity contribution is 5.87. The molecule has 98 valence electrons. The van der Waals surface area contributed by atoms with Crippen LogP contribution in [0.4, 0.5) is 4.39 Å². The molecule has 0 amide bonds. The Labute approximate surface area is 110 Å². The predicted molar refractivity (Wildman–Crippen MR) is 68.9 cm³/mol. The lowest BCUT2D eigenvalue weighted by Crippen LogP contribution is -2.03. The summed E-state index contributed by atoms with van der Waals surface area (Å²) >= 11 is 0. The molecule has 0 radical (unpaired) electrons. The average Bonchev–Trinajstić information content (AvgIpc) is 2.37. The van der Waals surface area contributed by atoms with Gasteiger partial charge in [-0.2, -0.15) is 0 Å². The van der Waals surface area contributed by atoms with E-state index in [4.69, 9.17) is 9.84 Å². The lowest BCUT2D eigenvalue weighted by atomic mass is 10.1. The quantitative estimate of drug-likeness (QED) is 0.916. The molecule has 4 heteroatoms. The summed E-state index contributed by atoms with van der Waals surface area (Å²) in [6.07, 6.45) is 0. The Morgan fingerprint density at radius 3 is 2.74 bits per heavy atom. The Hall–Kier alpha value is -2.36. The molecule has 0 aliphatic rings. The monoisotopic (exact) mass is 260 g/mol. The summed E-state index contributed by atoms with van der Waals surface area (Å²) in [6.45, 7) is 1.93. The molecule has 0 spiro atoms. The van der Waals surface area contributed by atoms with Crippen molar-refractivity contribution in [2.75, 3.05) is 0 Å². The van der Waals surface area contributed by atoms with Gasteiger partial charge < -0.3 is 9.84 Å². The molecule has 3 nitrogen and oxygen atoms in total. The highest BCUT2D eigenvalue weighted by Crippen LogP contribution is 2.17. The molecule has 0 bridgehead atoms. The van der Waals surface area contributed by atoms with E-state index >= 15 is 0 Å². The van der Waals surface area contributed by atoms with Crippen LogP contribution in [-0.4, -0.2) is 11.1 Å². The maximum absolute atomic E-state index is 13.5. The maximum Gasteiger partial charge on any atom is 0.335 e. The lowest BCUT2D eigenvalue weighted by Gasteiger charge is -2.08. The largest absolute Gasteiger partial charge is 0.489 e. The van der Waals surface area contributed by atoms with E-state index in [2.05, 4.69) is 0 Å². The second kappa shape index (κ2) is 5.52. The third-order valence-electron chi connectivity index (χ3n) is 2.68. The summed E-state index contributed by atoms with van der Waals surface area (Å²) in [5.41, 5.74) is 1.31. The van der Waals surface area contributed by atoms with Crippen LogP contribution in [0.25, 0.3) is 0 Å². The molecule has 0 heterocycles. The topological polar surface area (TPSA) is 46.5 Å². The number of carboxylic acids is 1. The molecule has 0 aliphatic heterocycles. The smallest absolute Gasteiger partial charge is 0.335 e. The first kappa shape index (κ1) is 13.1. The number of rotatable bonds is 4. The minimum Gasteiger partial charge on any atom is -0.489 e. The Morgan fingerprint density at radius 1 is 1.26 bits per heavy atom. The fraction of sp³-hybridized carbons (Fsp3) is 0.133. The standard InChI is InChI=1S/C15H13FO3/c1-10-3-2-4-13(7-10)19-9-12-8-11(15(17)18)5-6-14(12)16/h2-8H,9H2,1H3,(H,17,18). The Kier molecular flexibility index (Phi) is 3.80. The molecule has 2 aromatic rings. The van der Waals surface area contributed by atoms with Crippen LogP contribution in [0.3, 0.4) is 0 Å². The van der Waals surface area contributed by atoms with Gasteiger partial charge in [0.2, 0.25) is 0 Å². The molecule has 1 N–H and O–H groups in total. The molecule has 0 aliphatic carbocycles. The van der Waals surface area contributed by atoms with E-state index < -0.39 is 11.8 Å². The van der Waals surface area contributed by atoms with Crippen LogP contribution in [0.5, 0.6) is 5.75 Å². The van der Waals surface area contributed by atoms with Crippen LogP contribution in [0.15, 0.2) is 42.5 Å². The van der Waals surface area contributed by atoms with Crippen molar-refractivity contribution in [3.05, 3.63) is 65.0 Å². The molecule has 2 rings (SSSR count). The number of benzene rings is 2. The average molecular weight is 260 g/mol.